The zero-order valence-electron chi connectivity index (χ0n) is 19.2. The number of carbonyl (C=O) groups excluding carboxylic acids is 2. The fourth-order valence-electron chi connectivity index (χ4n) is 4.01. The summed E-state index contributed by atoms with van der Waals surface area (Å²) in [6.07, 6.45) is 1.86. The van der Waals surface area contributed by atoms with Gasteiger partial charge in [0.25, 0.3) is 0 Å². The van der Waals surface area contributed by atoms with E-state index < -0.39 is 0 Å². The van der Waals surface area contributed by atoms with Gasteiger partial charge < -0.3 is 29.3 Å². The minimum Gasteiger partial charge on any atom is -0.454 e. The molecule has 2 aliphatic heterocycles. The second kappa shape index (κ2) is 10.9. The van der Waals surface area contributed by atoms with E-state index in [0.717, 1.165) is 28.8 Å². The van der Waals surface area contributed by atoms with E-state index in [1.54, 1.807) is 21.1 Å². The number of benzene rings is 1. The predicted molar refractivity (Wildman–Crippen MR) is 125 cm³/mol. The van der Waals surface area contributed by atoms with Crippen LogP contribution in [0.15, 0.2) is 29.6 Å². The van der Waals surface area contributed by atoms with Crippen LogP contribution in [-0.4, -0.2) is 60.9 Å². The number of aryl methyl sites for hydroxylation is 1. The smallest absolute Gasteiger partial charge is 0.317 e. The van der Waals surface area contributed by atoms with Crippen molar-refractivity contribution in [3.63, 3.8) is 0 Å². The second-order valence-corrected chi connectivity index (χ2v) is 9.32. The molecule has 3 heterocycles. The molecule has 0 saturated carbocycles. The molecule has 9 heteroatoms. The van der Waals surface area contributed by atoms with Crippen LogP contribution in [0.4, 0.5) is 4.79 Å². The zero-order valence-corrected chi connectivity index (χ0v) is 20.0. The first kappa shape index (κ1) is 23.4. The molecule has 1 saturated heterocycles. The van der Waals surface area contributed by atoms with Gasteiger partial charge in [0, 0.05) is 31.1 Å². The molecule has 0 spiro atoms. The molecule has 178 valence electrons. The first-order chi connectivity index (χ1) is 16.0. The van der Waals surface area contributed by atoms with Gasteiger partial charge in [-0.1, -0.05) is 6.07 Å². The van der Waals surface area contributed by atoms with E-state index in [2.05, 4.69) is 11.4 Å². The lowest BCUT2D eigenvalue weighted by Gasteiger charge is -2.29. The number of urea groups is 1. The van der Waals surface area contributed by atoms with Gasteiger partial charge in [-0.3, -0.25) is 4.79 Å². The second-order valence-electron chi connectivity index (χ2n) is 8.32. The van der Waals surface area contributed by atoms with Gasteiger partial charge in [0.2, 0.25) is 12.7 Å². The number of ether oxygens (including phenoxy) is 3. The van der Waals surface area contributed by atoms with Gasteiger partial charge in [0.15, 0.2) is 11.5 Å². The number of thiophene rings is 1. The Morgan fingerprint density at radius 3 is 2.73 bits per heavy atom. The van der Waals surface area contributed by atoms with E-state index in [1.165, 1.54) is 0 Å². The lowest BCUT2D eigenvalue weighted by atomic mass is 10.1. The van der Waals surface area contributed by atoms with Crippen molar-refractivity contribution in [2.75, 3.05) is 33.0 Å². The molecule has 1 atom stereocenters. The summed E-state index contributed by atoms with van der Waals surface area (Å²) < 4.78 is 16.6. The Labute approximate surface area is 198 Å². The average molecular weight is 474 g/mol. The summed E-state index contributed by atoms with van der Waals surface area (Å²) in [6, 6.07) is 7.55. The van der Waals surface area contributed by atoms with Gasteiger partial charge in [0.1, 0.15) is 6.54 Å². The van der Waals surface area contributed by atoms with Gasteiger partial charge in [-0.05, 0) is 61.4 Å². The van der Waals surface area contributed by atoms with Crippen LogP contribution in [0.5, 0.6) is 11.5 Å². The van der Waals surface area contributed by atoms with Crippen molar-refractivity contribution in [1.82, 2.24) is 15.1 Å². The summed E-state index contributed by atoms with van der Waals surface area (Å²) in [5, 5.41) is 4.86. The highest BCUT2D eigenvalue weighted by atomic mass is 32.1. The molecule has 8 nitrogen and oxygen atoms in total. The topological polar surface area (TPSA) is 80.3 Å². The highest BCUT2D eigenvalue weighted by Gasteiger charge is 2.27. The van der Waals surface area contributed by atoms with Crippen LogP contribution >= 0.6 is 11.3 Å². The number of amides is 3. The minimum atomic E-state index is -0.239. The predicted octanol–water partition coefficient (Wildman–Crippen LogP) is 3.52. The standard InChI is InChI=1S/C24H31N3O5S/c1-3-25-24(29)27(13-19-5-4-9-30-19)15-23(28)26(14-22-17(2)8-10-33-22)12-18-6-7-20-21(11-18)32-16-31-20/h6-8,10-11,19H,3-5,9,12-16H2,1-2H3,(H,25,29)/t19-/m0/s1. The largest absolute Gasteiger partial charge is 0.454 e. The number of fused-ring (bicyclic) bond motifs is 1. The first-order valence-electron chi connectivity index (χ1n) is 11.4. The highest BCUT2D eigenvalue weighted by molar-refractivity contribution is 7.10. The Morgan fingerprint density at radius 2 is 2.00 bits per heavy atom. The normalized spacial score (nSPS) is 16.6. The van der Waals surface area contributed by atoms with Gasteiger partial charge in [-0.25, -0.2) is 4.79 Å². The lowest BCUT2D eigenvalue weighted by molar-refractivity contribution is -0.133. The number of carbonyl (C=O) groups is 2. The number of hydrogen-bond acceptors (Lipinski definition) is 6. The van der Waals surface area contributed by atoms with Crippen LogP contribution < -0.4 is 14.8 Å². The maximum Gasteiger partial charge on any atom is 0.317 e. The van der Waals surface area contributed by atoms with Gasteiger partial charge in [0.05, 0.1) is 12.6 Å². The monoisotopic (exact) mass is 473 g/mol. The van der Waals surface area contributed by atoms with Crippen molar-refractivity contribution in [1.29, 1.82) is 0 Å². The summed E-state index contributed by atoms with van der Waals surface area (Å²) in [5.41, 5.74) is 2.11. The van der Waals surface area contributed by atoms with Crippen LogP contribution in [-0.2, 0) is 22.6 Å². The Bertz CT molecular complexity index is 973. The molecule has 1 aromatic heterocycles. The molecule has 1 aromatic carbocycles. The molecular weight excluding hydrogens is 442 g/mol. The summed E-state index contributed by atoms with van der Waals surface area (Å²) in [7, 11) is 0. The van der Waals surface area contributed by atoms with Crippen molar-refractivity contribution >= 4 is 23.3 Å². The molecule has 0 aliphatic carbocycles. The van der Waals surface area contributed by atoms with Crippen LogP contribution in [0.2, 0.25) is 0 Å². The fraction of sp³-hybridized carbons (Fsp3) is 0.500. The molecule has 2 aromatic rings. The number of nitrogens with zero attached hydrogens (tertiary/aromatic N) is 2. The number of hydrogen-bond donors (Lipinski definition) is 1. The molecule has 3 amide bonds. The highest BCUT2D eigenvalue weighted by Crippen LogP contribution is 2.33. The Hall–Kier alpha value is -2.78. The van der Waals surface area contributed by atoms with Gasteiger partial charge >= 0.3 is 6.03 Å². The third-order valence-electron chi connectivity index (χ3n) is 5.86. The fourth-order valence-corrected chi connectivity index (χ4v) is 4.93. The SMILES string of the molecule is CCNC(=O)N(CC(=O)N(Cc1ccc2c(c1)OCO2)Cc1sccc1C)C[C@@H]1CCCO1. The van der Waals surface area contributed by atoms with Crippen molar-refractivity contribution in [3.05, 3.63) is 45.6 Å². The van der Waals surface area contributed by atoms with Crippen molar-refractivity contribution in [3.8, 4) is 11.5 Å². The molecule has 0 unspecified atom stereocenters. The maximum absolute atomic E-state index is 13.5. The summed E-state index contributed by atoms with van der Waals surface area (Å²) in [4.78, 5) is 30.7. The van der Waals surface area contributed by atoms with Gasteiger partial charge in [-0.15, -0.1) is 11.3 Å². The van der Waals surface area contributed by atoms with E-state index in [-0.39, 0.29) is 31.4 Å². The van der Waals surface area contributed by atoms with Crippen LogP contribution in [0.1, 0.15) is 35.8 Å². The number of nitrogens with one attached hydrogen (secondary N) is 1. The Morgan fingerprint density at radius 1 is 1.15 bits per heavy atom. The first-order valence-corrected chi connectivity index (χ1v) is 12.2. The maximum atomic E-state index is 13.5. The van der Waals surface area contributed by atoms with Crippen molar-refractivity contribution < 1.29 is 23.8 Å². The Kier molecular flexibility index (Phi) is 7.72. The van der Waals surface area contributed by atoms with E-state index >= 15 is 0 Å². The summed E-state index contributed by atoms with van der Waals surface area (Å²) in [6.45, 7) is 6.65. The van der Waals surface area contributed by atoms with Crippen LogP contribution in [0.3, 0.4) is 0 Å². The minimum absolute atomic E-state index is 0.000663. The molecule has 1 N–H and O–H groups in total. The zero-order chi connectivity index (χ0) is 23.2. The summed E-state index contributed by atoms with van der Waals surface area (Å²) in [5.74, 6) is 1.30. The molecule has 0 bridgehead atoms. The quantitative estimate of drug-likeness (QED) is 0.603. The third kappa shape index (κ3) is 5.97. The molecule has 1 fully saturated rings. The van der Waals surface area contributed by atoms with E-state index in [0.29, 0.717) is 44.3 Å². The third-order valence-corrected chi connectivity index (χ3v) is 6.86. The van der Waals surface area contributed by atoms with E-state index in [9.17, 15) is 9.59 Å². The molecule has 2 aliphatic rings. The summed E-state index contributed by atoms with van der Waals surface area (Å²) >= 11 is 1.63. The van der Waals surface area contributed by atoms with Crippen LogP contribution in [0.25, 0.3) is 0 Å². The molecule has 0 radical (unpaired) electrons. The molecule has 4 rings (SSSR count). The Balaban J connectivity index is 1.51. The van der Waals surface area contributed by atoms with Crippen LogP contribution in [0, 0.1) is 6.92 Å². The number of rotatable bonds is 9. The lowest BCUT2D eigenvalue weighted by Crippen LogP contribution is -2.49. The van der Waals surface area contributed by atoms with Crippen molar-refractivity contribution in [2.45, 2.75) is 45.9 Å². The van der Waals surface area contributed by atoms with Gasteiger partial charge in [-0.2, -0.15) is 0 Å². The molecule has 33 heavy (non-hydrogen) atoms. The van der Waals surface area contributed by atoms with Crippen molar-refractivity contribution in [2.24, 2.45) is 0 Å². The van der Waals surface area contributed by atoms with E-state index in [4.69, 9.17) is 14.2 Å². The average Bonchev–Trinajstić information content (AvgIpc) is 3.55. The van der Waals surface area contributed by atoms with E-state index in [1.807, 2.05) is 37.4 Å². The molecular formula is C24H31N3O5S.